The number of hydrogen-bond donors (Lipinski definition) is 1. The van der Waals surface area contributed by atoms with Crippen LogP contribution in [0.2, 0.25) is 0 Å². The smallest absolute Gasteiger partial charge is 0.277 e. The van der Waals surface area contributed by atoms with Gasteiger partial charge in [0.05, 0.1) is 17.1 Å². The Labute approximate surface area is 145 Å². The molecule has 6 nitrogen and oxygen atoms in total. The van der Waals surface area contributed by atoms with Crippen molar-refractivity contribution in [3.05, 3.63) is 47.9 Å². The maximum Gasteiger partial charge on any atom is 0.277 e. The lowest BCUT2D eigenvalue weighted by Gasteiger charge is -2.11. The van der Waals surface area contributed by atoms with E-state index in [1.165, 1.54) is 12.3 Å². The van der Waals surface area contributed by atoms with Gasteiger partial charge in [0.1, 0.15) is 23.1 Å². The van der Waals surface area contributed by atoms with Gasteiger partial charge in [-0.15, -0.1) is 10.2 Å². The van der Waals surface area contributed by atoms with Crippen LogP contribution in [0.25, 0.3) is 11.5 Å². The van der Waals surface area contributed by atoms with Gasteiger partial charge < -0.3 is 14.2 Å². The Morgan fingerprint density at radius 3 is 2.60 bits per heavy atom. The van der Waals surface area contributed by atoms with Gasteiger partial charge in [-0.3, -0.25) is 4.79 Å². The van der Waals surface area contributed by atoms with Crippen LogP contribution in [0.5, 0.6) is 0 Å². The third kappa shape index (κ3) is 3.71. The van der Waals surface area contributed by atoms with Crippen molar-refractivity contribution in [3.63, 3.8) is 0 Å². The van der Waals surface area contributed by atoms with Crippen molar-refractivity contribution in [2.24, 2.45) is 0 Å². The van der Waals surface area contributed by atoms with Gasteiger partial charge in [0.15, 0.2) is 0 Å². The molecule has 0 saturated carbocycles. The SMILES string of the molecule is Cc1occc1-c1nnc(S[C@@H](C)C(=O)Nc2c(F)cccc2F)o1. The number of thioether (sulfide) groups is 1. The average molecular weight is 365 g/mol. The van der Waals surface area contributed by atoms with Crippen LogP contribution >= 0.6 is 11.8 Å². The minimum absolute atomic E-state index is 0.159. The summed E-state index contributed by atoms with van der Waals surface area (Å²) in [5.74, 6) is -1.39. The quantitative estimate of drug-likeness (QED) is 0.688. The summed E-state index contributed by atoms with van der Waals surface area (Å²) in [5, 5.41) is 9.43. The highest BCUT2D eigenvalue weighted by molar-refractivity contribution is 8.00. The van der Waals surface area contributed by atoms with Crippen molar-refractivity contribution in [1.29, 1.82) is 0 Å². The van der Waals surface area contributed by atoms with Crippen LogP contribution in [-0.2, 0) is 4.79 Å². The van der Waals surface area contributed by atoms with E-state index in [-0.39, 0.29) is 11.1 Å². The number of carbonyl (C=O) groups is 1. The molecule has 2 heterocycles. The number of nitrogens with zero attached hydrogens (tertiary/aromatic N) is 2. The molecule has 0 spiro atoms. The van der Waals surface area contributed by atoms with Crippen LogP contribution in [0, 0.1) is 18.6 Å². The number of benzene rings is 1. The molecule has 1 amide bonds. The van der Waals surface area contributed by atoms with Crippen LogP contribution in [0.3, 0.4) is 0 Å². The second-order valence-electron chi connectivity index (χ2n) is 5.11. The molecule has 1 N–H and O–H groups in total. The molecule has 0 aliphatic heterocycles. The lowest BCUT2D eigenvalue weighted by Crippen LogP contribution is -2.23. The number of hydrogen-bond acceptors (Lipinski definition) is 6. The number of para-hydroxylation sites is 1. The largest absolute Gasteiger partial charge is 0.469 e. The number of furan rings is 1. The number of amides is 1. The Kier molecular flexibility index (Phi) is 4.84. The van der Waals surface area contributed by atoms with E-state index in [0.29, 0.717) is 11.3 Å². The van der Waals surface area contributed by atoms with E-state index in [0.717, 1.165) is 23.9 Å². The molecule has 130 valence electrons. The Morgan fingerprint density at radius 2 is 1.96 bits per heavy atom. The van der Waals surface area contributed by atoms with Crippen molar-refractivity contribution in [2.75, 3.05) is 5.32 Å². The number of halogens is 2. The second-order valence-corrected chi connectivity index (χ2v) is 6.40. The molecule has 3 rings (SSSR count). The van der Waals surface area contributed by atoms with Gasteiger partial charge >= 0.3 is 0 Å². The van der Waals surface area contributed by atoms with Gasteiger partial charge in [-0.05, 0) is 32.0 Å². The Balaban J connectivity index is 1.68. The fraction of sp³-hybridized carbons (Fsp3) is 0.188. The first-order chi connectivity index (χ1) is 12.0. The van der Waals surface area contributed by atoms with E-state index < -0.39 is 28.5 Å². The first-order valence-electron chi connectivity index (χ1n) is 7.25. The minimum atomic E-state index is -0.846. The lowest BCUT2D eigenvalue weighted by molar-refractivity contribution is -0.115. The fourth-order valence-electron chi connectivity index (χ4n) is 2.02. The Bertz CT molecular complexity index is 889. The van der Waals surface area contributed by atoms with Crippen molar-refractivity contribution >= 4 is 23.4 Å². The molecule has 1 atom stereocenters. The van der Waals surface area contributed by atoms with Gasteiger partial charge in [-0.25, -0.2) is 8.78 Å². The lowest BCUT2D eigenvalue weighted by atomic mass is 10.3. The van der Waals surface area contributed by atoms with Gasteiger partial charge in [0.2, 0.25) is 5.91 Å². The van der Waals surface area contributed by atoms with E-state index in [9.17, 15) is 13.6 Å². The summed E-state index contributed by atoms with van der Waals surface area (Å²) in [4.78, 5) is 12.1. The maximum absolute atomic E-state index is 13.6. The Morgan fingerprint density at radius 1 is 1.24 bits per heavy atom. The van der Waals surface area contributed by atoms with E-state index in [1.807, 2.05) is 0 Å². The number of anilines is 1. The summed E-state index contributed by atoms with van der Waals surface area (Å²) in [5.41, 5.74) is 0.171. The number of nitrogens with one attached hydrogen (secondary N) is 1. The molecule has 0 saturated heterocycles. The van der Waals surface area contributed by atoms with Crippen LogP contribution in [0.4, 0.5) is 14.5 Å². The Hall–Kier alpha value is -2.68. The summed E-state index contributed by atoms with van der Waals surface area (Å²) in [6, 6.07) is 5.03. The van der Waals surface area contributed by atoms with Gasteiger partial charge in [-0.2, -0.15) is 0 Å². The summed E-state index contributed by atoms with van der Waals surface area (Å²) in [7, 11) is 0. The van der Waals surface area contributed by atoms with Gasteiger partial charge in [0, 0.05) is 0 Å². The first-order valence-corrected chi connectivity index (χ1v) is 8.13. The molecule has 3 aromatic rings. The zero-order valence-electron chi connectivity index (χ0n) is 13.2. The molecule has 0 unspecified atom stereocenters. The maximum atomic E-state index is 13.6. The topological polar surface area (TPSA) is 81.2 Å². The van der Waals surface area contributed by atoms with Crippen LogP contribution in [0.1, 0.15) is 12.7 Å². The highest BCUT2D eigenvalue weighted by Crippen LogP contribution is 2.29. The molecular formula is C16H13F2N3O3S. The van der Waals surface area contributed by atoms with Crippen LogP contribution < -0.4 is 5.32 Å². The third-order valence-electron chi connectivity index (χ3n) is 3.35. The minimum Gasteiger partial charge on any atom is -0.469 e. The highest BCUT2D eigenvalue weighted by Gasteiger charge is 2.21. The molecule has 0 aliphatic carbocycles. The molecule has 25 heavy (non-hydrogen) atoms. The fourth-order valence-corrected chi connectivity index (χ4v) is 2.70. The van der Waals surface area contributed by atoms with Crippen LogP contribution in [-0.4, -0.2) is 21.4 Å². The predicted octanol–water partition coefficient (Wildman–Crippen LogP) is 4.04. The van der Waals surface area contributed by atoms with Crippen LogP contribution in [0.15, 0.2) is 44.6 Å². The molecule has 0 fully saturated rings. The monoisotopic (exact) mass is 365 g/mol. The number of aryl methyl sites for hydroxylation is 1. The molecule has 0 aliphatic rings. The van der Waals surface area contributed by atoms with Crippen molar-refractivity contribution in [1.82, 2.24) is 10.2 Å². The third-order valence-corrected chi connectivity index (χ3v) is 4.29. The molecule has 0 bridgehead atoms. The zero-order valence-corrected chi connectivity index (χ0v) is 14.1. The molecule has 9 heteroatoms. The van der Waals surface area contributed by atoms with Gasteiger partial charge in [-0.1, -0.05) is 17.8 Å². The summed E-state index contributed by atoms with van der Waals surface area (Å²) >= 11 is 0.979. The second kappa shape index (κ2) is 7.06. The summed E-state index contributed by atoms with van der Waals surface area (Å²) in [6.07, 6.45) is 1.50. The number of carbonyl (C=O) groups excluding carboxylic acids is 1. The van der Waals surface area contributed by atoms with Crippen molar-refractivity contribution in [3.8, 4) is 11.5 Å². The van der Waals surface area contributed by atoms with Crippen molar-refractivity contribution < 1.29 is 22.4 Å². The average Bonchev–Trinajstić information content (AvgIpc) is 3.19. The van der Waals surface area contributed by atoms with E-state index >= 15 is 0 Å². The van der Waals surface area contributed by atoms with E-state index in [2.05, 4.69) is 15.5 Å². The predicted molar refractivity (Wildman–Crippen MR) is 87.0 cm³/mol. The summed E-state index contributed by atoms with van der Waals surface area (Å²) < 4.78 is 37.8. The molecule has 0 radical (unpaired) electrons. The van der Waals surface area contributed by atoms with E-state index in [4.69, 9.17) is 8.83 Å². The first kappa shape index (κ1) is 17.2. The highest BCUT2D eigenvalue weighted by atomic mass is 32.2. The zero-order chi connectivity index (χ0) is 18.0. The molecule has 2 aromatic heterocycles. The standard InChI is InChI=1S/C16H13F2N3O3S/c1-8-10(6-7-23-8)15-20-21-16(24-15)25-9(2)14(22)19-13-11(17)4-3-5-12(13)18/h3-7,9H,1-2H3,(H,19,22)/t9-/m0/s1. The summed E-state index contributed by atoms with van der Waals surface area (Å²) in [6.45, 7) is 3.32. The van der Waals surface area contributed by atoms with E-state index in [1.54, 1.807) is 19.9 Å². The number of rotatable bonds is 5. The molecular weight excluding hydrogens is 352 g/mol. The van der Waals surface area contributed by atoms with Crippen molar-refractivity contribution in [2.45, 2.75) is 24.3 Å². The molecule has 1 aromatic carbocycles. The normalized spacial score (nSPS) is 12.2. The van der Waals surface area contributed by atoms with Gasteiger partial charge in [0.25, 0.3) is 11.1 Å². The number of aromatic nitrogens is 2.